The average molecular weight is 494 g/mol. The van der Waals surface area contributed by atoms with E-state index in [0.29, 0.717) is 40.0 Å². The second kappa shape index (κ2) is 10.9. The molecule has 3 aromatic carbocycles. The predicted octanol–water partition coefficient (Wildman–Crippen LogP) is 5.18. The van der Waals surface area contributed by atoms with Crippen molar-refractivity contribution in [2.24, 2.45) is 0 Å². The Morgan fingerprint density at radius 3 is 2.54 bits per heavy atom. The standard InChI is InChI=1S/C29H27N5O3/c1-4-24(28(36)31-20-10-8-9-19(16-20)17-30)34-25-12-7-6-11-23(25)33-27(29(34)37)21-15-18(3)13-14-22(21)32-26(35)5-2/h6-16,24H,4-5H2,1-3H3,(H,31,36)(H,32,35). The number of hydrogen-bond donors (Lipinski definition) is 2. The number of nitriles is 1. The van der Waals surface area contributed by atoms with Gasteiger partial charge in [0, 0.05) is 17.7 Å². The van der Waals surface area contributed by atoms with E-state index in [9.17, 15) is 19.6 Å². The summed E-state index contributed by atoms with van der Waals surface area (Å²) in [5.74, 6) is -0.567. The fourth-order valence-corrected chi connectivity index (χ4v) is 4.22. The number of aromatic nitrogens is 2. The number of fused-ring (bicyclic) bond motifs is 1. The van der Waals surface area contributed by atoms with Crippen LogP contribution < -0.4 is 16.2 Å². The molecule has 1 atom stereocenters. The summed E-state index contributed by atoms with van der Waals surface area (Å²) >= 11 is 0. The van der Waals surface area contributed by atoms with E-state index in [1.165, 1.54) is 4.57 Å². The number of anilines is 2. The predicted molar refractivity (Wildman–Crippen MR) is 144 cm³/mol. The van der Waals surface area contributed by atoms with Crippen molar-refractivity contribution in [2.75, 3.05) is 10.6 Å². The zero-order valence-corrected chi connectivity index (χ0v) is 20.9. The number of aryl methyl sites for hydroxylation is 1. The molecule has 0 spiro atoms. The van der Waals surface area contributed by atoms with Gasteiger partial charge in [0.15, 0.2) is 0 Å². The van der Waals surface area contributed by atoms with Gasteiger partial charge in [-0.25, -0.2) is 4.98 Å². The van der Waals surface area contributed by atoms with E-state index in [4.69, 9.17) is 0 Å². The Kier molecular flexibility index (Phi) is 7.44. The van der Waals surface area contributed by atoms with Crippen molar-refractivity contribution in [3.8, 4) is 17.3 Å². The largest absolute Gasteiger partial charge is 0.325 e. The Morgan fingerprint density at radius 2 is 1.81 bits per heavy atom. The van der Waals surface area contributed by atoms with E-state index in [-0.39, 0.29) is 23.9 Å². The van der Waals surface area contributed by atoms with Crippen molar-refractivity contribution in [3.63, 3.8) is 0 Å². The van der Waals surface area contributed by atoms with Gasteiger partial charge in [0.05, 0.1) is 28.4 Å². The van der Waals surface area contributed by atoms with Gasteiger partial charge in [-0.05, 0) is 55.8 Å². The summed E-state index contributed by atoms with van der Waals surface area (Å²) in [6, 6.07) is 20.4. The lowest BCUT2D eigenvalue weighted by Gasteiger charge is -2.21. The summed E-state index contributed by atoms with van der Waals surface area (Å²) in [4.78, 5) is 44.3. The molecule has 0 radical (unpaired) electrons. The van der Waals surface area contributed by atoms with E-state index in [1.807, 2.05) is 32.0 Å². The normalized spacial score (nSPS) is 11.5. The topological polar surface area (TPSA) is 117 Å². The fraction of sp³-hybridized carbons (Fsp3) is 0.207. The maximum absolute atomic E-state index is 14.0. The molecular weight excluding hydrogens is 466 g/mol. The molecule has 4 rings (SSSR count). The van der Waals surface area contributed by atoms with E-state index >= 15 is 0 Å². The molecule has 0 aliphatic carbocycles. The second-order valence-corrected chi connectivity index (χ2v) is 8.68. The van der Waals surface area contributed by atoms with Crippen LogP contribution in [0.5, 0.6) is 0 Å². The third kappa shape index (κ3) is 5.26. The SMILES string of the molecule is CCC(=O)Nc1ccc(C)cc1-c1nc2ccccc2n(C(CC)C(=O)Nc2cccc(C#N)c2)c1=O. The van der Waals surface area contributed by atoms with Crippen LogP contribution in [-0.4, -0.2) is 21.4 Å². The van der Waals surface area contributed by atoms with Crippen LogP contribution in [0.4, 0.5) is 11.4 Å². The molecule has 0 aliphatic heterocycles. The highest BCUT2D eigenvalue weighted by molar-refractivity contribution is 5.97. The summed E-state index contributed by atoms with van der Waals surface area (Å²) in [7, 11) is 0. The molecule has 0 saturated heterocycles. The molecule has 0 fully saturated rings. The molecule has 37 heavy (non-hydrogen) atoms. The molecule has 0 aliphatic rings. The van der Waals surface area contributed by atoms with Crippen LogP contribution >= 0.6 is 0 Å². The minimum Gasteiger partial charge on any atom is -0.325 e. The van der Waals surface area contributed by atoms with Crippen LogP contribution in [0.2, 0.25) is 0 Å². The Bertz CT molecular complexity index is 1600. The first-order valence-electron chi connectivity index (χ1n) is 12.1. The van der Waals surface area contributed by atoms with E-state index in [0.717, 1.165) is 5.56 Å². The van der Waals surface area contributed by atoms with Gasteiger partial charge >= 0.3 is 0 Å². The molecule has 4 aromatic rings. The number of nitrogens with one attached hydrogen (secondary N) is 2. The molecular formula is C29H27N5O3. The number of benzene rings is 3. The van der Waals surface area contributed by atoms with Gasteiger partial charge in [0.25, 0.3) is 5.56 Å². The van der Waals surface area contributed by atoms with Gasteiger partial charge in [0.2, 0.25) is 11.8 Å². The zero-order valence-electron chi connectivity index (χ0n) is 20.9. The summed E-state index contributed by atoms with van der Waals surface area (Å²) in [5, 5.41) is 14.9. The molecule has 8 nitrogen and oxygen atoms in total. The number of carbonyl (C=O) groups is 2. The summed E-state index contributed by atoms with van der Waals surface area (Å²) in [6.07, 6.45) is 0.623. The quantitative estimate of drug-likeness (QED) is 0.368. The Balaban J connectivity index is 1.89. The molecule has 8 heteroatoms. The zero-order chi connectivity index (χ0) is 26.5. The third-order valence-corrected chi connectivity index (χ3v) is 6.08. The van der Waals surface area contributed by atoms with Crippen LogP contribution in [0.3, 0.4) is 0 Å². The van der Waals surface area contributed by atoms with Crippen molar-refractivity contribution >= 4 is 34.2 Å². The van der Waals surface area contributed by atoms with Gasteiger partial charge in [-0.2, -0.15) is 5.26 Å². The number of amides is 2. The number of rotatable bonds is 7. The van der Waals surface area contributed by atoms with Crippen LogP contribution in [0.25, 0.3) is 22.3 Å². The maximum atomic E-state index is 14.0. The van der Waals surface area contributed by atoms with Gasteiger partial charge in [-0.1, -0.05) is 43.7 Å². The minimum atomic E-state index is -0.844. The van der Waals surface area contributed by atoms with Crippen LogP contribution in [-0.2, 0) is 9.59 Å². The number of para-hydroxylation sites is 2. The Hall–Kier alpha value is -4.77. The van der Waals surface area contributed by atoms with E-state index in [2.05, 4.69) is 21.7 Å². The summed E-state index contributed by atoms with van der Waals surface area (Å²) in [5.41, 5.74) is 3.53. The fourth-order valence-electron chi connectivity index (χ4n) is 4.22. The van der Waals surface area contributed by atoms with E-state index < -0.39 is 11.6 Å². The highest BCUT2D eigenvalue weighted by atomic mass is 16.2. The third-order valence-electron chi connectivity index (χ3n) is 6.08. The summed E-state index contributed by atoms with van der Waals surface area (Å²) < 4.78 is 1.47. The van der Waals surface area contributed by atoms with Crippen molar-refractivity contribution in [3.05, 3.63) is 88.2 Å². The van der Waals surface area contributed by atoms with Crippen LogP contribution in [0.1, 0.15) is 43.9 Å². The van der Waals surface area contributed by atoms with Crippen molar-refractivity contribution in [1.82, 2.24) is 9.55 Å². The molecule has 1 unspecified atom stereocenters. The highest BCUT2D eigenvalue weighted by Gasteiger charge is 2.25. The highest BCUT2D eigenvalue weighted by Crippen LogP contribution is 2.29. The Morgan fingerprint density at radius 1 is 1.03 bits per heavy atom. The first kappa shape index (κ1) is 25.3. The first-order chi connectivity index (χ1) is 17.9. The van der Waals surface area contributed by atoms with Gasteiger partial charge in [-0.15, -0.1) is 0 Å². The van der Waals surface area contributed by atoms with Crippen molar-refractivity contribution < 1.29 is 9.59 Å². The van der Waals surface area contributed by atoms with E-state index in [1.54, 1.807) is 55.5 Å². The molecule has 2 amide bonds. The van der Waals surface area contributed by atoms with Gasteiger partial charge < -0.3 is 10.6 Å². The average Bonchev–Trinajstić information content (AvgIpc) is 2.91. The lowest BCUT2D eigenvalue weighted by Crippen LogP contribution is -2.34. The molecule has 1 aromatic heterocycles. The molecule has 186 valence electrons. The number of hydrogen-bond acceptors (Lipinski definition) is 5. The Labute approximate surface area is 214 Å². The van der Waals surface area contributed by atoms with Crippen molar-refractivity contribution in [2.45, 2.75) is 39.7 Å². The summed E-state index contributed by atoms with van der Waals surface area (Å²) in [6.45, 7) is 5.48. The number of nitrogens with zero attached hydrogens (tertiary/aromatic N) is 3. The molecule has 0 saturated carbocycles. The second-order valence-electron chi connectivity index (χ2n) is 8.68. The molecule has 1 heterocycles. The monoisotopic (exact) mass is 493 g/mol. The van der Waals surface area contributed by atoms with Gasteiger partial charge in [-0.3, -0.25) is 19.0 Å². The first-order valence-corrected chi connectivity index (χ1v) is 12.1. The lowest BCUT2D eigenvalue weighted by molar-refractivity contribution is -0.119. The molecule has 2 N–H and O–H groups in total. The molecule has 0 bridgehead atoms. The van der Waals surface area contributed by atoms with Crippen molar-refractivity contribution in [1.29, 1.82) is 5.26 Å². The van der Waals surface area contributed by atoms with Gasteiger partial charge in [0.1, 0.15) is 11.7 Å². The lowest BCUT2D eigenvalue weighted by atomic mass is 10.0. The van der Waals surface area contributed by atoms with Crippen LogP contribution in [0, 0.1) is 18.3 Å². The minimum absolute atomic E-state index is 0.145. The van der Waals surface area contributed by atoms with Crippen LogP contribution in [0.15, 0.2) is 71.5 Å². The number of carbonyl (C=O) groups excluding carboxylic acids is 2. The smallest absolute Gasteiger partial charge is 0.278 e. The maximum Gasteiger partial charge on any atom is 0.278 e.